The third-order valence-electron chi connectivity index (χ3n) is 4.38. The summed E-state index contributed by atoms with van der Waals surface area (Å²) in [5, 5.41) is 9.87. The molecule has 4 heteroatoms. The summed E-state index contributed by atoms with van der Waals surface area (Å²) in [4.78, 5) is 2.22. The number of hydrogen-bond acceptors (Lipinski definition) is 2. The van der Waals surface area contributed by atoms with Crippen molar-refractivity contribution in [2.45, 2.75) is 32.7 Å². The minimum absolute atomic E-state index is 0.183. The molecule has 3 nitrogen and oxygen atoms in total. The summed E-state index contributed by atoms with van der Waals surface area (Å²) in [7, 11) is 0. The maximum Gasteiger partial charge on any atom is 0.128 e. The smallest absolute Gasteiger partial charge is 0.128 e. The molecule has 0 aliphatic heterocycles. The van der Waals surface area contributed by atoms with Gasteiger partial charge < -0.3 is 9.67 Å². The third kappa shape index (κ3) is 5.04. The predicted molar refractivity (Wildman–Crippen MR) is 102 cm³/mol. The van der Waals surface area contributed by atoms with E-state index in [9.17, 15) is 9.50 Å². The highest BCUT2D eigenvalue weighted by Crippen LogP contribution is 2.15. The fourth-order valence-corrected chi connectivity index (χ4v) is 3.19. The van der Waals surface area contributed by atoms with Crippen molar-refractivity contribution < 1.29 is 9.50 Å². The van der Waals surface area contributed by atoms with Crippen molar-refractivity contribution >= 4 is 0 Å². The predicted octanol–water partition coefficient (Wildman–Crippen LogP) is 4.06. The summed E-state index contributed by atoms with van der Waals surface area (Å²) >= 11 is 0. The van der Waals surface area contributed by atoms with Crippen molar-refractivity contribution in [3.8, 4) is 0 Å². The van der Waals surface area contributed by atoms with E-state index >= 15 is 0 Å². The SMILES string of the molecule is CC(O)CN(Cc1ccccc1)Cc1cccn1Cc1ccccc1F. The molecule has 1 atom stereocenters. The van der Waals surface area contributed by atoms with Crippen molar-refractivity contribution in [1.82, 2.24) is 9.47 Å². The van der Waals surface area contributed by atoms with Crippen LogP contribution in [0.25, 0.3) is 0 Å². The molecular formula is C22H25FN2O. The minimum Gasteiger partial charge on any atom is -0.392 e. The lowest BCUT2D eigenvalue weighted by molar-refractivity contribution is 0.116. The lowest BCUT2D eigenvalue weighted by atomic mass is 10.2. The second kappa shape index (κ2) is 8.79. The molecule has 0 saturated heterocycles. The molecule has 0 aliphatic rings. The van der Waals surface area contributed by atoms with Crippen LogP contribution in [0.3, 0.4) is 0 Å². The maximum absolute atomic E-state index is 14.0. The lowest BCUT2D eigenvalue weighted by Gasteiger charge is -2.24. The van der Waals surface area contributed by atoms with Gasteiger partial charge in [-0.05, 0) is 30.7 Å². The molecule has 136 valence electrons. The summed E-state index contributed by atoms with van der Waals surface area (Å²) in [6, 6.07) is 21.2. The number of rotatable bonds is 8. The van der Waals surface area contributed by atoms with Gasteiger partial charge in [-0.1, -0.05) is 48.5 Å². The Balaban J connectivity index is 1.75. The fourth-order valence-electron chi connectivity index (χ4n) is 3.19. The summed E-state index contributed by atoms with van der Waals surface area (Å²) in [5.41, 5.74) is 2.99. The molecule has 0 radical (unpaired) electrons. The van der Waals surface area contributed by atoms with Crippen molar-refractivity contribution in [1.29, 1.82) is 0 Å². The molecule has 0 fully saturated rings. The topological polar surface area (TPSA) is 28.4 Å². The van der Waals surface area contributed by atoms with Crippen LogP contribution in [0.4, 0.5) is 4.39 Å². The summed E-state index contributed by atoms with van der Waals surface area (Å²) in [6.45, 7) is 4.34. The minimum atomic E-state index is -0.409. The van der Waals surface area contributed by atoms with Crippen molar-refractivity contribution in [2.24, 2.45) is 0 Å². The summed E-state index contributed by atoms with van der Waals surface area (Å²) < 4.78 is 16.0. The van der Waals surface area contributed by atoms with Gasteiger partial charge in [-0.15, -0.1) is 0 Å². The van der Waals surface area contributed by atoms with E-state index in [1.54, 1.807) is 13.0 Å². The molecule has 0 saturated carbocycles. The van der Waals surface area contributed by atoms with Crippen LogP contribution in [0.1, 0.15) is 23.7 Å². The Hall–Kier alpha value is -2.43. The van der Waals surface area contributed by atoms with Gasteiger partial charge in [0.2, 0.25) is 0 Å². The average molecular weight is 352 g/mol. The van der Waals surface area contributed by atoms with Crippen LogP contribution in [0, 0.1) is 5.82 Å². The van der Waals surface area contributed by atoms with E-state index in [1.165, 1.54) is 11.6 Å². The largest absolute Gasteiger partial charge is 0.392 e. The Bertz CT molecular complexity index is 814. The molecule has 1 heterocycles. The fraction of sp³-hybridized carbons (Fsp3) is 0.273. The molecule has 3 rings (SSSR count). The van der Waals surface area contributed by atoms with Gasteiger partial charge in [-0.25, -0.2) is 4.39 Å². The first kappa shape index (κ1) is 18.4. The normalized spacial score (nSPS) is 12.5. The van der Waals surface area contributed by atoms with Crippen LogP contribution in [0.15, 0.2) is 72.9 Å². The Morgan fingerprint density at radius 2 is 1.69 bits per heavy atom. The molecular weight excluding hydrogens is 327 g/mol. The van der Waals surface area contributed by atoms with Crippen LogP contribution in [0.5, 0.6) is 0 Å². The number of aromatic nitrogens is 1. The first-order valence-corrected chi connectivity index (χ1v) is 8.93. The highest BCUT2D eigenvalue weighted by molar-refractivity contribution is 5.20. The van der Waals surface area contributed by atoms with Gasteiger partial charge >= 0.3 is 0 Å². The quantitative estimate of drug-likeness (QED) is 0.662. The molecule has 1 unspecified atom stereocenters. The second-order valence-corrected chi connectivity index (χ2v) is 6.72. The van der Waals surface area contributed by atoms with Crippen LogP contribution in [-0.2, 0) is 19.6 Å². The number of hydrogen-bond donors (Lipinski definition) is 1. The highest BCUT2D eigenvalue weighted by Gasteiger charge is 2.13. The van der Waals surface area contributed by atoms with Crippen molar-refractivity contribution in [3.05, 3.63) is 95.6 Å². The van der Waals surface area contributed by atoms with E-state index in [2.05, 4.69) is 27.7 Å². The zero-order valence-corrected chi connectivity index (χ0v) is 15.1. The monoisotopic (exact) mass is 352 g/mol. The van der Waals surface area contributed by atoms with Gasteiger partial charge in [-0.3, -0.25) is 4.90 Å². The molecule has 1 aromatic heterocycles. The average Bonchev–Trinajstić information content (AvgIpc) is 3.04. The van der Waals surface area contributed by atoms with Crippen LogP contribution < -0.4 is 0 Å². The van der Waals surface area contributed by atoms with Gasteiger partial charge in [-0.2, -0.15) is 0 Å². The van der Waals surface area contributed by atoms with Crippen LogP contribution in [-0.4, -0.2) is 27.2 Å². The van der Waals surface area contributed by atoms with E-state index in [0.717, 1.165) is 12.2 Å². The van der Waals surface area contributed by atoms with E-state index in [1.807, 2.05) is 42.6 Å². The van der Waals surface area contributed by atoms with E-state index < -0.39 is 6.10 Å². The number of aliphatic hydroxyl groups excluding tert-OH is 1. The van der Waals surface area contributed by atoms with Crippen molar-refractivity contribution in [3.63, 3.8) is 0 Å². The molecule has 0 aliphatic carbocycles. The Morgan fingerprint density at radius 1 is 0.962 bits per heavy atom. The molecule has 0 amide bonds. The van der Waals surface area contributed by atoms with Gasteiger partial charge in [0, 0.05) is 37.1 Å². The van der Waals surface area contributed by atoms with Gasteiger partial charge in [0.1, 0.15) is 5.82 Å². The van der Waals surface area contributed by atoms with Crippen LogP contribution in [0.2, 0.25) is 0 Å². The zero-order chi connectivity index (χ0) is 18.4. The molecule has 26 heavy (non-hydrogen) atoms. The number of aliphatic hydroxyl groups is 1. The maximum atomic E-state index is 14.0. The standard InChI is InChI=1S/C22H25FN2O/c1-18(26)14-24(15-19-8-3-2-4-9-19)17-21-11-7-13-25(21)16-20-10-5-6-12-22(20)23/h2-13,18,26H,14-17H2,1H3. The molecule has 0 spiro atoms. The summed E-state index contributed by atoms with van der Waals surface area (Å²) in [6.07, 6.45) is 1.57. The number of halogens is 1. The molecule has 3 aromatic rings. The lowest BCUT2D eigenvalue weighted by Crippen LogP contribution is -2.31. The van der Waals surface area contributed by atoms with E-state index in [4.69, 9.17) is 0 Å². The zero-order valence-electron chi connectivity index (χ0n) is 15.1. The first-order chi connectivity index (χ1) is 12.6. The first-order valence-electron chi connectivity index (χ1n) is 8.93. The van der Waals surface area contributed by atoms with Gasteiger partial charge in [0.05, 0.1) is 12.6 Å². The Morgan fingerprint density at radius 3 is 2.42 bits per heavy atom. The third-order valence-corrected chi connectivity index (χ3v) is 4.38. The molecule has 1 N–H and O–H groups in total. The van der Waals surface area contributed by atoms with Crippen LogP contribution >= 0.6 is 0 Å². The highest BCUT2D eigenvalue weighted by atomic mass is 19.1. The molecule has 0 bridgehead atoms. The van der Waals surface area contributed by atoms with E-state index in [0.29, 0.717) is 25.2 Å². The number of nitrogens with zero attached hydrogens (tertiary/aromatic N) is 2. The Kier molecular flexibility index (Phi) is 6.21. The number of benzene rings is 2. The van der Waals surface area contributed by atoms with Gasteiger partial charge in [0.15, 0.2) is 0 Å². The van der Waals surface area contributed by atoms with E-state index in [-0.39, 0.29) is 5.82 Å². The van der Waals surface area contributed by atoms with Gasteiger partial charge in [0.25, 0.3) is 0 Å². The Labute approximate surface area is 154 Å². The summed E-state index contributed by atoms with van der Waals surface area (Å²) in [5.74, 6) is -0.183. The second-order valence-electron chi connectivity index (χ2n) is 6.72. The van der Waals surface area contributed by atoms with Crippen molar-refractivity contribution in [2.75, 3.05) is 6.54 Å². The molecule has 2 aromatic carbocycles.